The van der Waals surface area contributed by atoms with Crippen molar-refractivity contribution in [2.45, 2.75) is 19.4 Å². The number of hydrogen-bond acceptors (Lipinski definition) is 3. The van der Waals surface area contributed by atoms with Crippen LogP contribution in [0.15, 0.2) is 18.2 Å². The highest BCUT2D eigenvalue weighted by atomic mass is 35.5. The zero-order valence-electron chi connectivity index (χ0n) is 11.8. The molecule has 1 aromatic carbocycles. The molecule has 1 aliphatic heterocycles. The highest BCUT2D eigenvalue weighted by molar-refractivity contribution is 6.30. The minimum absolute atomic E-state index is 0. The van der Waals surface area contributed by atoms with Gasteiger partial charge in [-0.25, -0.2) is 0 Å². The molecular formula is C14H21Cl2N3O. The fourth-order valence-electron chi connectivity index (χ4n) is 2.33. The second kappa shape index (κ2) is 7.84. The van der Waals surface area contributed by atoms with Gasteiger partial charge in [0.1, 0.15) is 0 Å². The van der Waals surface area contributed by atoms with Gasteiger partial charge in [0.15, 0.2) is 0 Å². The molecule has 1 fully saturated rings. The molecule has 20 heavy (non-hydrogen) atoms. The molecule has 4 nitrogen and oxygen atoms in total. The molecule has 1 aliphatic rings. The molecule has 1 heterocycles. The number of nitrogens with zero attached hydrogens (tertiary/aromatic N) is 1. The van der Waals surface area contributed by atoms with Gasteiger partial charge in [-0.3, -0.25) is 9.69 Å². The molecule has 6 heteroatoms. The van der Waals surface area contributed by atoms with Crippen molar-refractivity contribution in [3.63, 3.8) is 0 Å². The zero-order valence-corrected chi connectivity index (χ0v) is 13.4. The predicted molar refractivity (Wildman–Crippen MR) is 86.0 cm³/mol. The zero-order chi connectivity index (χ0) is 13.8. The molecule has 1 unspecified atom stereocenters. The summed E-state index contributed by atoms with van der Waals surface area (Å²) in [5.41, 5.74) is 1.80. The largest absolute Gasteiger partial charge is 0.325 e. The molecule has 1 saturated heterocycles. The van der Waals surface area contributed by atoms with Crippen molar-refractivity contribution in [1.29, 1.82) is 0 Å². The Morgan fingerprint density at radius 3 is 2.90 bits per heavy atom. The van der Waals surface area contributed by atoms with E-state index < -0.39 is 0 Å². The summed E-state index contributed by atoms with van der Waals surface area (Å²) in [6, 6.07) is 5.93. The maximum atomic E-state index is 12.0. The van der Waals surface area contributed by atoms with Gasteiger partial charge in [-0.1, -0.05) is 11.6 Å². The number of nitrogens with one attached hydrogen (secondary N) is 2. The van der Waals surface area contributed by atoms with E-state index in [9.17, 15) is 4.79 Å². The molecule has 2 N–H and O–H groups in total. The Morgan fingerprint density at radius 1 is 1.55 bits per heavy atom. The van der Waals surface area contributed by atoms with Gasteiger partial charge in [-0.15, -0.1) is 12.4 Å². The number of halogens is 2. The van der Waals surface area contributed by atoms with Crippen LogP contribution in [0.2, 0.25) is 5.02 Å². The minimum Gasteiger partial charge on any atom is -0.325 e. The van der Waals surface area contributed by atoms with E-state index in [1.165, 1.54) is 0 Å². The minimum atomic E-state index is 0. The van der Waals surface area contributed by atoms with E-state index in [1.54, 1.807) is 6.07 Å². The molecule has 112 valence electrons. The topological polar surface area (TPSA) is 44.4 Å². The van der Waals surface area contributed by atoms with Crippen molar-refractivity contribution in [3.8, 4) is 0 Å². The van der Waals surface area contributed by atoms with Gasteiger partial charge >= 0.3 is 0 Å². The molecule has 0 radical (unpaired) electrons. The molecule has 2 rings (SSSR count). The standard InChI is InChI=1S/C14H20ClN3O.ClH/c1-10-7-11(15)3-4-13(10)17-14(19)9-18(2)12-5-6-16-8-12;/h3-4,7,12,16H,5-6,8-9H2,1-2H3,(H,17,19);1H. The normalized spacial score (nSPS) is 17.9. The van der Waals surface area contributed by atoms with Crippen LogP contribution in [0.25, 0.3) is 0 Å². The molecule has 0 spiro atoms. The van der Waals surface area contributed by atoms with Crippen LogP contribution in [-0.4, -0.2) is 43.5 Å². The van der Waals surface area contributed by atoms with Crippen LogP contribution in [0, 0.1) is 6.92 Å². The van der Waals surface area contributed by atoms with Crippen LogP contribution in [0.4, 0.5) is 5.69 Å². The Labute approximate surface area is 131 Å². The fraction of sp³-hybridized carbons (Fsp3) is 0.500. The SMILES string of the molecule is Cc1cc(Cl)ccc1NC(=O)CN(C)C1CCNC1.Cl. The first-order chi connectivity index (χ1) is 9.06. The lowest BCUT2D eigenvalue weighted by Gasteiger charge is -2.22. The summed E-state index contributed by atoms with van der Waals surface area (Å²) in [6.07, 6.45) is 1.10. The van der Waals surface area contributed by atoms with E-state index in [-0.39, 0.29) is 18.3 Å². The number of benzene rings is 1. The maximum absolute atomic E-state index is 12.0. The van der Waals surface area contributed by atoms with Crippen molar-refractivity contribution in [2.75, 3.05) is 32.0 Å². The second-order valence-electron chi connectivity index (χ2n) is 5.07. The predicted octanol–water partition coefficient (Wildman–Crippen LogP) is 2.30. The Balaban J connectivity index is 0.00000200. The third kappa shape index (κ3) is 4.63. The Bertz CT molecular complexity index is 462. The summed E-state index contributed by atoms with van der Waals surface area (Å²) in [7, 11) is 1.99. The second-order valence-corrected chi connectivity index (χ2v) is 5.51. The van der Waals surface area contributed by atoms with Gasteiger partial charge in [-0.2, -0.15) is 0 Å². The first-order valence-corrected chi connectivity index (χ1v) is 6.91. The van der Waals surface area contributed by atoms with Crippen LogP contribution >= 0.6 is 24.0 Å². The third-order valence-corrected chi connectivity index (χ3v) is 3.75. The van der Waals surface area contributed by atoms with Crippen LogP contribution in [0.5, 0.6) is 0 Å². The molecule has 1 atom stereocenters. The highest BCUT2D eigenvalue weighted by Crippen LogP contribution is 2.19. The molecule has 0 aromatic heterocycles. The van der Waals surface area contributed by atoms with Gasteiger partial charge < -0.3 is 10.6 Å². The quantitative estimate of drug-likeness (QED) is 0.895. The summed E-state index contributed by atoms with van der Waals surface area (Å²) in [5.74, 6) is 0.0137. The van der Waals surface area contributed by atoms with Gasteiger partial charge in [0.05, 0.1) is 6.54 Å². The number of aryl methyl sites for hydroxylation is 1. The molecule has 0 aliphatic carbocycles. The average Bonchev–Trinajstić information content (AvgIpc) is 2.86. The van der Waals surface area contributed by atoms with Crippen LogP contribution < -0.4 is 10.6 Å². The van der Waals surface area contributed by atoms with Crippen molar-refractivity contribution >= 4 is 35.6 Å². The third-order valence-electron chi connectivity index (χ3n) is 3.51. The summed E-state index contributed by atoms with van der Waals surface area (Å²) in [4.78, 5) is 14.1. The Kier molecular flexibility index (Phi) is 6.76. The van der Waals surface area contributed by atoms with E-state index in [4.69, 9.17) is 11.6 Å². The van der Waals surface area contributed by atoms with E-state index >= 15 is 0 Å². The molecular weight excluding hydrogens is 297 g/mol. The maximum Gasteiger partial charge on any atom is 0.238 e. The number of hydrogen-bond donors (Lipinski definition) is 2. The lowest BCUT2D eigenvalue weighted by atomic mass is 10.2. The average molecular weight is 318 g/mol. The number of carbonyl (C=O) groups is 1. The van der Waals surface area contributed by atoms with Crippen LogP contribution in [0.1, 0.15) is 12.0 Å². The molecule has 1 amide bonds. The highest BCUT2D eigenvalue weighted by Gasteiger charge is 2.20. The van der Waals surface area contributed by atoms with Crippen molar-refractivity contribution < 1.29 is 4.79 Å². The van der Waals surface area contributed by atoms with Crippen LogP contribution in [-0.2, 0) is 4.79 Å². The number of rotatable bonds is 4. The number of amides is 1. The molecule has 0 saturated carbocycles. The van der Waals surface area contributed by atoms with E-state index in [1.807, 2.05) is 26.1 Å². The fourth-order valence-corrected chi connectivity index (χ4v) is 2.55. The summed E-state index contributed by atoms with van der Waals surface area (Å²) >= 11 is 5.90. The first-order valence-electron chi connectivity index (χ1n) is 6.53. The molecule has 1 aromatic rings. The number of carbonyl (C=O) groups excluding carboxylic acids is 1. The monoisotopic (exact) mass is 317 g/mol. The van der Waals surface area contributed by atoms with E-state index in [0.29, 0.717) is 17.6 Å². The van der Waals surface area contributed by atoms with E-state index in [2.05, 4.69) is 15.5 Å². The van der Waals surface area contributed by atoms with Crippen molar-refractivity contribution in [3.05, 3.63) is 28.8 Å². The van der Waals surface area contributed by atoms with E-state index in [0.717, 1.165) is 30.8 Å². The number of likely N-dealkylation sites (N-methyl/N-ethyl adjacent to an activating group) is 1. The van der Waals surface area contributed by atoms with Crippen molar-refractivity contribution in [2.24, 2.45) is 0 Å². The smallest absolute Gasteiger partial charge is 0.238 e. The van der Waals surface area contributed by atoms with Crippen LogP contribution in [0.3, 0.4) is 0 Å². The first kappa shape index (κ1) is 17.2. The van der Waals surface area contributed by atoms with Gasteiger partial charge in [-0.05, 0) is 50.7 Å². The lowest BCUT2D eigenvalue weighted by molar-refractivity contribution is -0.117. The van der Waals surface area contributed by atoms with Gasteiger partial charge in [0.2, 0.25) is 5.91 Å². The summed E-state index contributed by atoms with van der Waals surface area (Å²) < 4.78 is 0. The van der Waals surface area contributed by atoms with Gasteiger partial charge in [0.25, 0.3) is 0 Å². The lowest BCUT2D eigenvalue weighted by Crippen LogP contribution is -2.39. The number of anilines is 1. The summed E-state index contributed by atoms with van der Waals surface area (Å²) in [5, 5.41) is 6.92. The van der Waals surface area contributed by atoms with Gasteiger partial charge in [0, 0.05) is 23.3 Å². The Hall–Kier alpha value is -0.810. The summed E-state index contributed by atoms with van der Waals surface area (Å²) in [6.45, 7) is 4.34. The Morgan fingerprint density at radius 2 is 2.30 bits per heavy atom. The molecule has 0 bridgehead atoms. The van der Waals surface area contributed by atoms with Crippen molar-refractivity contribution in [1.82, 2.24) is 10.2 Å².